The van der Waals surface area contributed by atoms with Crippen LogP contribution in [0.5, 0.6) is 0 Å². The predicted molar refractivity (Wildman–Crippen MR) is 133 cm³/mol. The van der Waals surface area contributed by atoms with Gasteiger partial charge < -0.3 is 4.90 Å². The predicted octanol–water partition coefficient (Wildman–Crippen LogP) is 7.14. The molecule has 1 N–H and O–H groups in total. The molecule has 4 rings (SSSR count). The van der Waals surface area contributed by atoms with Crippen LogP contribution in [0.15, 0.2) is 104 Å². The monoisotopic (exact) mass is 429 g/mol. The molecule has 3 nitrogen and oxygen atoms in total. The van der Waals surface area contributed by atoms with E-state index in [1.54, 1.807) is 0 Å². The molecule has 158 valence electrons. The van der Waals surface area contributed by atoms with Gasteiger partial charge in [0, 0.05) is 47.0 Å². The fraction of sp³-hybridized carbons (Fsp3) is 0.185. The fourth-order valence-electron chi connectivity index (χ4n) is 4.23. The van der Waals surface area contributed by atoms with Crippen molar-refractivity contribution < 1.29 is 0 Å². The molecule has 2 heterocycles. The van der Waals surface area contributed by atoms with Crippen molar-refractivity contribution in [1.29, 1.82) is 0 Å². The minimum atomic E-state index is 0.157. The van der Waals surface area contributed by atoms with Crippen LogP contribution in [-0.2, 0) is 0 Å². The van der Waals surface area contributed by atoms with Crippen LogP contribution in [0.4, 0.5) is 5.69 Å². The second-order valence-electron chi connectivity index (χ2n) is 7.81. The molecular formula is C27H28ClN3. The van der Waals surface area contributed by atoms with Crippen molar-refractivity contribution in [1.82, 2.24) is 10.4 Å². The normalized spacial score (nSPS) is 18.8. The van der Waals surface area contributed by atoms with E-state index >= 15 is 0 Å². The molecule has 0 aromatic heterocycles. The third-order valence-electron chi connectivity index (χ3n) is 5.85. The Kier molecular flexibility index (Phi) is 6.17. The van der Waals surface area contributed by atoms with E-state index in [0.717, 1.165) is 63.9 Å². The van der Waals surface area contributed by atoms with Gasteiger partial charge >= 0.3 is 0 Å². The van der Waals surface area contributed by atoms with Gasteiger partial charge in [-0.1, -0.05) is 74.7 Å². The maximum absolute atomic E-state index is 6.97. The van der Waals surface area contributed by atoms with E-state index < -0.39 is 0 Å². The smallest absolute Gasteiger partial charge is 0.0523 e. The van der Waals surface area contributed by atoms with Crippen molar-refractivity contribution in [3.8, 4) is 11.1 Å². The number of halogens is 1. The average molecular weight is 430 g/mol. The van der Waals surface area contributed by atoms with Gasteiger partial charge in [-0.15, -0.1) is 0 Å². The molecule has 0 spiro atoms. The molecule has 1 saturated heterocycles. The molecule has 2 aliphatic rings. The summed E-state index contributed by atoms with van der Waals surface area (Å²) in [6.45, 7) is 15.5. The van der Waals surface area contributed by atoms with Gasteiger partial charge in [-0.3, -0.25) is 5.01 Å². The molecule has 4 heteroatoms. The number of anilines is 1. The zero-order valence-electron chi connectivity index (χ0n) is 17.9. The Morgan fingerprint density at radius 3 is 2.55 bits per heavy atom. The molecule has 0 aliphatic carbocycles. The van der Waals surface area contributed by atoms with E-state index in [9.17, 15) is 0 Å². The van der Waals surface area contributed by atoms with Gasteiger partial charge in [0.15, 0.2) is 0 Å². The Bertz CT molecular complexity index is 1080. The molecule has 1 fully saturated rings. The number of benzene rings is 2. The van der Waals surface area contributed by atoms with E-state index in [4.69, 9.17) is 11.6 Å². The number of piperidine rings is 1. The second kappa shape index (κ2) is 9.01. The molecule has 0 bridgehead atoms. The largest absolute Gasteiger partial charge is 0.318 e. The molecule has 1 unspecified atom stereocenters. The highest BCUT2D eigenvalue weighted by atomic mass is 35.5. The van der Waals surface area contributed by atoms with Crippen LogP contribution in [0, 0.1) is 0 Å². The van der Waals surface area contributed by atoms with Crippen LogP contribution in [0.2, 0.25) is 5.02 Å². The van der Waals surface area contributed by atoms with E-state index in [1.165, 1.54) is 0 Å². The van der Waals surface area contributed by atoms with Crippen molar-refractivity contribution >= 4 is 17.3 Å². The van der Waals surface area contributed by atoms with Crippen LogP contribution in [-0.4, -0.2) is 11.6 Å². The zero-order chi connectivity index (χ0) is 22.0. The van der Waals surface area contributed by atoms with Gasteiger partial charge in [0.05, 0.1) is 5.02 Å². The Balaban J connectivity index is 1.63. The number of hydrazine groups is 1. The first kappa shape index (κ1) is 21.2. The first-order chi connectivity index (χ1) is 15.0. The van der Waals surface area contributed by atoms with Gasteiger partial charge in [-0.05, 0) is 48.3 Å². The number of nitrogens with zero attached hydrogens (tertiary/aromatic N) is 2. The molecule has 0 saturated carbocycles. The number of allylic oxidation sites excluding steroid dienone is 5. The lowest BCUT2D eigenvalue weighted by Gasteiger charge is -2.38. The van der Waals surface area contributed by atoms with E-state index in [0.29, 0.717) is 0 Å². The summed E-state index contributed by atoms with van der Waals surface area (Å²) in [5.41, 5.74) is 10.7. The van der Waals surface area contributed by atoms with Crippen LogP contribution >= 0.6 is 11.6 Å². The molecular weight excluding hydrogens is 402 g/mol. The lowest BCUT2D eigenvalue weighted by atomic mass is 9.86. The molecule has 0 radical (unpaired) electrons. The molecule has 1 atom stereocenters. The minimum absolute atomic E-state index is 0.157. The summed E-state index contributed by atoms with van der Waals surface area (Å²) >= 11 is 6.97. The first-order valence-corrected chi connectivity index (χ1v) is 11.0. The highest BCUT2D eigenvalue weighted by molar-refractivity contribution is 6.34. The maximum atomic E-state index is 6.97. The molecule has 0 amide bonds. The van der Waals surface area contributed by atoms with Gasteiger partial charge in [0.25, 0.3) is 0 Å². The maximum Gasteiger partial charge on any atom is 0.0523 e. The Hall–Kier alpha value is -3.01. The molecule has 2 aromatic carbocycles. The van der Waals surface area contributed by atoms with Crippen LogP contribution in [0.25, 0.3) is 11.1 Å². The van der Waals surface area contributed by atoms with E-state index in [1.807, 2.05) is 29.4 Å². The Labute approximate surface area is 190 Å². The topological polar surface area (TPSA) is 18.5 Å². The third-order valence-corrected chi connectivity index (χ3v) is 6.27. The number of hydrogen-bond donors (Lipinski definition) is 1. The number of rotatable bonds is 5. The summed E-state index contributed by atoms with van der Waals surface area (Å²) < 4.78 is 0. The standard InChI is InChI=1S/C27H28ClN3/c1-5-29-31-20(3)12-17-24(21(31)4)26-11-8-10-25(27(26)28)22-13-15-23(16-14-22)30-18-7-6-9-19(30)2/h6-11,13-16,18,24,29H,2-5,12,17H2,1H3. The molecule has 2 aliphatic heterocycles. The minimum Gasteiger partial charge on any atom is -0.318 e. The highest BCUT2D eigenvalue weighted by Crippen LogP contribution is 2.43. The summed E-state index contributed by atoms with van der Waals surface area (Å²) in [6.07, 6.45) is 9.88. The number of nitrogens with one attached hydrogen (secondary N) is 1. The summed E-state index contributed by atoms with van der Waals surface area (Å²) in [5, 5.41) is 2.81. The van der Waals surface area contributed by atoms with Gasteiger partial charge in [-0.25, -0.2) is 5.43 Å². The van der Waals surface area contributed by atoms with Gasteiger partial charge in [0.2, 0.25) is 0 Å². The Morgan fingerprint density at radius 2 is 1.84 bits per heavy atom. The summed E-state index contributed by atoms with van der Waals surface area (Å²) in [6, 6.07) is 14.7. The van der Waals surface area contributed by atoms with Gasteiger partial charge in [-0.2, -0.15) is 0 Å². The van der Waals surface area contributed by atoms with E-state index in [2.05, 4.69) is 79.5 Å². The molecule has 31 heavy (non-hydrogen) atoms. The van der Waals surface area contributed by atoms with Crippen LogP contribution in [0.3, 0.4) is 0 Å². The quantitative estimate of drug-likeness (QED) is 0.544. The highest BCUT2D eigenvalue weighted by Gasteiger charge is 2.29. The van der Waals surface area contributed by atoms with Crippen molar-refractivity contribution in [2.45, 2.75) is 25.7 Å². The van der Waals surface area contributed by atoms with Crippen LogP contribution in [0.1, 0.15) is 31.2 Å². The van der Waals surface area contributed by atoms with Crippen molar-refractivity contribution in [2.24, 2.45) is 0 Å². The lowest BCUT2D eigenvalue weighted by Crippen LogP contribution is -2.40. The summed E-state index contributed by atoms with van der Waals surface area (Å²) in [5.74, 6) is 0.157. The SMILES string of the molecule is C=C1CCC(c2cccc(-c3ccc(N4C=CC=CC4=C)cc3)c2Cl)C(=C)N1NCC. The zero-order valence-corrected chi connectivity index (χ0v) is 18.7. The fourth-order valence-corrected chi connectivity index (χ4v) is 4.60. The Morgan fingerprint density at radius 1 is 1.06 bits per heavy atom. The van der Waals surface area contributed by atoms with Crippen molar-refractivity contribution in [2.75, 3.05) is 11.4 Å². The first-order valence-electron chi connectivity index (χ1n) is 10.6. The lowest BCUT2D eigenvalue weighted by molar-refractivity contribution is 0.259. The average Bonchev–Trinajstić information content (AvgIpc) is 2.78. The van der Waals surface area contributed by atoms with Crippen LogP contribution < -0.4 is 10.3 Å². The second-order valence-corrected chi connectivity index (χ2v) is 8.19. The van der Waals surface area contributed by atoms with Crippen molar-refractivity contribution in [3.63, 3.8) is 0 Å². The summed E-state index contributed by atoms with van der Waals surface area (Å²) in [7, 11) is 0. The van der Waals surface area contributed by atoms with E-state index in [-0.39, 0.29) is 5.92 Å². The number of hydrogen-bond acceptors (Lipinski definition) is 3. The van der Waals surface area contributed by atoms with Gasteiger partial charge in [0.1, 0.15) is 0 Å². The molecule has 2 aromatic rings. The summed E-state index contributed by atoms with van der Waals surface area (Å²) in [4.78, 5) is 2.07. The third kappa shape index (κ3) is 4.12. The van der Waals surface area contributed by atoms with Crippen molar-refractivity contribution in [3.05, 3.63) is 114 Å².